The minimum absolute atomic E-state index is 0.153. The van der Waals surface area contributed by atoms with E-state index in [0.29, 0.717) is 0 Å². The molecule has 4 nitrogen and oxygen atoms in total. The molecule has 1 heterocycles. The minimum Gasteiger partial charge on any atom is -0.303 e. The molecule has 1 aliphatic heterocycles. The van der Waals surface area contributed by atoms with Gasteiger partial charge in [0.25, 0.3) is 0 Å². The summed E-state index contributed by atoms with van der Waals surface area (Å²) in [5.74, 6) is 1.52. The molecule has 1 aliphatic carbocycles. The van der Waals surface area contributed by atoms with Gasteiger partial charge in [0.15, 0.2) is 0 Å². The first kappa shape index (κ1) is 23.5. The van der Waals surface area contributed by atoms with Crippen LogP contribution >= 0.6 is 27.5 Å². The summed E-state index contributed by atoms with van der Waals surface area (Å²) >= 11 is 9.81. The molecule has 1 saturated heterocycles. The van der Waals surface area contributed by atoms with Gasteiger partial charge in [-0.1, -0.05) is 27.5 Å². The predicted molar refractivity (Wildman–Crippen MR) is 125 cm³/mol. The number of sulfonamides is 1. The molecule has 7 heteroatoms. The summed E-state index contributed by atoms with van der Waals surface area (Å²) in [6, 6.07) is 6.24. The van der Waals surface area contributed by atoms with Crippen LogP contribution in [0.25, 0.3) is 0 Å². The van der Waals surface area contributed by atoms with Crippen LogP contribution in [0.4, 0.5) is 0 Å². The van der Waals surface area contributed by atoms with Gasteiger partial charge in [0, 0.05) is 15.5 Å². The van der Waals surface area contributed by atoms with Crippen molar-refractivity contribution >= 4 is 37.6 Å². The molecule has 0 unspecified atom stereocenters. The zero-order valence-corrected chi connectivity index (χ0v) is 20.5. The highest BCUT2D eigenvalue weighted by Crippen LogP contribution is 2.30. The third kappa shape index (κ3) is 8.13. The molecule has 164 valence electrons. The maximum absolute atomic E-state index is 11.4. The smallest absolute Gasteiger partial charge is 0.208 e. The number of rotatable bonds is 8. The molecular weight excluding hydrogens is 472 g/mol. The van der Waals surface area contributed by atoms with Crippen LogP contribution in [0.3, 0.4) is 0 Å². The van der Waals surface area contributed by atoms with Crippen LogP contribution in [0.2, 0.25) is 5.02 Å². The fourth-order valence-electron chi connectivity index (χ4n) is 4.90. The molecule has 1 aromatic rings. The van der Waals surface area contributed by atoms with Crippen molar-refractivity contribution in [1.82, 2.24) is 9.62 Å². The van der Waals surface area contributed by atoms with Gasteiger partial charge in [-0.25, -0.2) is 13.1 Å². The summed E-state index contributed by atoms with van der Waals surface area (Å²) in [4.78, 5) is 2.63. The molecule has 2 aliphatic rings. The van der Waals surface area contributed by atoms with E-state index in [9.17, 15) is 8.42 Å². The Morgan fingerprint density at radius 3 is 2.45 bits per heavy atom. The first-order valence-corrected chi connectivity index (χ1v) is 14.0. The van der Waals surface area contributed by atoms with E-state index in [-0.39, 0.29) is 6.04 Å². The summed E-state index contributed by atoms with van der Waals surface area (Å²) in [6.45, 7) is 3.61. The summed E-state index contributed by atoms with van der Waals surface area (Å²) < 4.78 is 26.7. The Balaban J connectivity index is 1.30. The van der Waals surface area contributed by atoms with Gasteiger partial charge in [-0.3, -0.25) is 0 Å². The van der Waals surface area contributed by atoms with Crippen LogP contribution in [0.15, 0.2) is 22.7 Å². The standard InChI is InChI=1S/C22H34BrClN2O2S/c1-29(27,28)25-21-7-4-17(5-8-21)3-2-12-26-13-10-18(11-14-26)15-19-16-20(24)6-9-22(19)23/h6,9,16-18,21,25H,2-5,7-8,10-15H2,1H3. The van der Waals surface area contributed by atoms with Gasteiger partial charge >= 0.3 is 0 Å². The van der Waals surface area contributed by atoms with E-state index in [2.05, 4.69) is 37.7 Å². The highest BCUT2D eigenvalue weighted by Gasteiger charge is 2.24. The number of hydrogen-bond donors (Lipinski definition) is 1. The quantitative estimate of drug-likeness (QED) is 0.525. The molecule has 0 amide bonds. The number of nitrogens with zero attached hydrogens (tertiary/aromatic N) is 1. The number of likely N-dealkylation sites (tertiary alicyclic amines) is 1. The molecule has 29 heavy (non-hydrogen) atoms. The van der Waals surface area contributed by atoms with E-state index in [1.165, 1.54) is 61.6 Å². The van der Waals surface area contributed by atoms with Gasteiger partial charge in [-0.05, 0) is 113 Å². The van der Waals surface area contributed by atoms with E-state index in [1.54, 1.807) is 0 Å². The van der Waals surface area contributed by atoms with Crippen LogP contribution < -0.4 is 4.72 Å². The van der Waals surface area contributed by atoms with Crippen molar-refractivity contribution in [3.05, 3.63) is 33.3 Å². The van der Waals surface area contributed by atoms with Gasteiger partial charge in [-0.2, -0.15) is 0 Å². The normalized spacial score (nSPS) is 24.7. The summed E-state index contributed by atoms with van der Waals surface area (Å²) in [7, 11) is -3.07. The van der Waals surface area contributed by atoms with Crippen LogP contribution in [-0.2, 0) is 16.4 Å². The SMILES string of the molecule is CS(=O)(=O)NC1CCC(CCCN2CCC(Cc3cc(Cl)ccc3Br)CC2)CC1. The van der Waals surface area contributed by atoms with Gasteiger partial charge in [0.1, 0.15) is 0 Å². The second kappa shape index (κ2) is 10.9. The average molecular weight is 506 g/mol. The molecule has 0 bridgehead atoms. The lowest BCUT2D eigenvalue weighted by atomic mass is 9.83. The fourth-order valence-corrected chi connectivity index (χ4v) is 6.34. The van der Waals surface area contributed by atoms with Crippen LogP contribution in [0.1, 0.15) is 56.9 Å². The van der Waals surface area contributed by atoms with Crippen LogP contribution in [-0.4, -0.2) is 45.2 Å². The second-order valence-electron chi connectivity index (χ2n) is 8.97. The van der Waals surface area contributed by atoms with Gasteiger partial charge in [0.05, 0.1) is 6.26 Å². The Kier molecular flexibility index (Phi) is 8.87. The summed E-state index contributed by atoms with van der Waals surface area (Å²) in [5, 5.41) is 0.821. The molecule has 1 aromatic carbocycles. The number of nitrogens with one attached hydrogen (secondary N) is 1. The van der Waals surface area contributed by atoms with Crippen molar-refractivity contribution in [2.45, 2.75) is 63.8 Å². The maximum atomic E-state index is 11.4. The Bertz CT molecular complexity index is 758. The lowest BCUT2D eigenvalue weighted by Crippen LogP contribution is -2.37. The van der Waals surface area contributed by atoms with E-state index in [0.717, 1.165) is 49.0 Å². The van der Waals surface area contributed by atoms with Crippen molar-refractivity contribution in [3.8, 4) is 0 Å². The van der Waals surface area contributed by atoms with Crippen LogP contribution in [0, 0.1) is 11.8 Å². The van der Waals surface area contributed by atoms with E-state index in [1.807, 2.05) is 6.07 Å². The highest BCUT2D eigenvalue weighted by atomic mass is 79.9. The van der Waals surface area contributed by atoms with Gasteiger partial charge < -0.3 is 4.90 Å². The van der Waals surface area contributed by atoms with Crippen molar-refractivity contribution in [2.75, 3.05) is 25.9 Å². The molecule has 1 N–H and O–H groups in total. The Labute approximate surface area is 190 Å². The van der Waals surface area contributed by atoms with E-state index < -0.39 is 10.0 Å². The molecule has 0 aromatic heterocycles. The zero-order chi connectivity index (χ0) is 20.9. The number of halogens is 2. The Hall–Kier alpha value is -0.140. The summed E-state index contributed by atoms with van der Waals surface area (Å²) in [5.41, 5.74) is 1.33. The molecular formula is C22H34BrClN2O2S. The number of piperidine rings is 1. The zero-order valence-electron chi connectivity index (χ0n) is 17.4. The Morgan fingerprint density at radius 2 is 1.79 bits per heavy atom. The van der Waals surface area contributed by atoms with Crippen molar-refractivity contribution in [3.63, 3.8) is 0 Å². The lowest BCUT2D eigenvalue weighted by molar-refractivity contribution is 0.175. The second-order valence-corrected chi connectivity index (χ2v) is 12.0. The summed E-state index contributed by atoms with van der Waals surface area (Å²) in [6.07, 6.45) is 11.7. The van der Waals surface area contributed by atoms with Gasteiger partial charge in [-0.15, -0.1) is 0 Å². The van der Waals surface area contributed by atoms with Gasteiger partial charge in [0.2, 0.25) is 10.0 Å². The molecule has 2 fully saturated rings. The lowest BCUT2D eigenvalue weighted by Gasteiger charge is -2.33. The minimum atomic E-state index is -3.07. The van der Waals surface area contributed by atoms with Crippen molar-refractivity contribution in [2.24, 2.45) is 11.8 Å². The van der Waals surface area contributed by atoms with E-state index >= 15 is 0 Å². The topological polar surface area (TPSA) is 49.4 Å². The Morgan fingerprint density at radius 1 is 1.10 bits per heavy atom. The largest absolute Gasteiger partial charge is 0.303 e. The van der Waals surface area contributed by atoms with E-state index in [4.69, 9.17) is 11.6 Å². The molecule has 1 saturated carbocycles. The molecule has 0 atom stereocenters. The first-order valence-electron chi connectivity index (χ1n) is 10.9. The van der Waals surface area contributed by atoms with Crippen molar-refractivity contribution < 1.29 is 8.42 Å². The maximum Gasteiger partial charge on any atom is 0.208 e. The number of hydrogen-bond acceptors (Lipinski definition) is 3. The predicted octanol–water partition coefficient (Wildman–Crippen LogP) is 5.25. The molecule has 0 radical (unpaired) electrons. The van der Waals surface area contributed by atoms with Crippen molar-refractivity contribution in [1.29, 1.82) is 0 Å². The monoisotopic (exact) mass is 504 g/mol. The number of benzene rings is 1. The van der Waals surface area contributed by atoms with Crippen LogP contribution in [0.5, 0.6) is 0 Å². The fraction of sp³-hybridized carbons (Fsp3) is 0.727. The average Bonchev–Trinajstić information content (AvgIpc) is 2.66. The highest BCUT2D eigenvalue weighted by molar-refractivity contribution is 9.10. The molecule has 3 rings (SSSR count). The first-order chi connectivity index (χ1) is 13.8. The third-order valence-electron chi connectivity index (χ3n) is 6.54. The third-order valence-corrected chi connectivity index (χ3v) is 8.31. The molecule has 0 spiro atoms.